The number of halogens is 1. The lowest BCUT2D eigenvalue weighted by molar-refractivity contribution is 0.0757. The van der Waals surface area contributed by atoms with E-state index >= 15 is 0 Å². The summed E-state index contributed by atoms with van der Waals surface area (Å²) in [6.45, 7) is 1.54. The van der Waals surface area contributed by atoms with Crippen LogP contribution in [0.25, 0.3) is 0 Å². The van der Waals surface area contributed by atoms with Gasteiger partial charge in [0.2, 0.25) is 0 Å². The molecule has 1 aliphatic carbocycles. The average molecular weight is 316 g/mol. The molecule has 1 saturated carbocycles. The number of fused-ring (bicyclic) bond motifs is 1. The van der Waals surface area contributed by atoms with Gasteiger partial charge in [-0.3, -0.25) is 4.79 Å². The molecule has 3 nitrogen and oxygen atoms in total. The largest absolute Gasteiger partial charge is 0.393 e. The van der Waals surface area contributed by atoms with Crippen LogP contribution in [-0.4, -0.2) is 35.1 Å². The van der Waals surface area contributed by atoms with Gasteiger partial charge in [-0.2, -0.15) is 0 Å². The number of nitrogens with zero attached hydrogens (tertiary/aromatic N) is 1. The van der Waals surface area contributed by atoms with Crippen LogP contribution in [0.5, 0.6) is 0 Å². The van der Waals surface area contributed by atoms with E-state index in [-0.39, 0.29) is 12.0 Å². The first kappa shape index (κ1) is 11.7. The number of carbonyl (C=O) groups is 1. The molecule has 2 fully saturated rings. The number of rotatable bonds is 1. The van der Waals surface area contributed by atoms with Crippen LogP contribution in [0.3, 0.4) is 0 Å². The molecular formula is C12H14BrNO2S. The summed E-state index contributed by atoms with van der Waals surface area (Å²) in [5.41, 5.74) is 0. The van der Waals surface area contributed by atoms with Crippen molar-refractivity contribution in [2.24, 2.45) is 11.8 Å². The molecule has 0 radical (unpaired) electrons. The fraction of sp³-hybridized carbons (Fsp3) is 0.583. The lowest BCUT2D eigenvalue weighted by Crippen LogP contribution is -2.30. The first-order chi connectivity index (χ1) is 8.15. The van der Waals surface area contributed by atoms with E-state index in [9.17, 15) is 9.90 Å². The zero-order valence-corrected chi connectivity index (χ0v) is 11.7. The van der Waals surface area contributed by atoms with Crippen molar-refractivity contribution in [1.29, 1.82) is 0 Å². The third-order valence-corrected chi connectivity index (χ3v) is 5.50. The summed E-state index contributed by atoms with van der Waals surface area (Å²) in [5.74, 6) is 0.932. The van der Waals surface area contributed by atoms with E-state index in [0.717, 1.165) is 34.6 Å². The average Bonchev–Trinajstić information content (AvgIpc) is 2.96. The third-order valence-electron chi connectivity index (χ3n) is 3.89. The van der Waals surface area contributed by atoms with Crippen molar-refractivity contribution >= 4 is 33.2 Å². The number of thiophene rings is 1. The Morgan fingerprint density at radius 1 is 1.41 bits per heavy atom. The highest BCUT2D eigenvalue weighted by atomic mass is 79.9. The van der Waals surface area contributed by atoms with Gasteiger partial charge in [0.15, 0.2) is 0 Å². The molecule has 1 saturated heterocycles. The van der Waals surface area contributed by atoms with E-state index in [1.54, 1.807) is 0 Å². The quantitative estimate of drug-likeness (QED) is 0.864. The number of carbonyl (C=O) groups excluding carboxylic acids is 1. The van der Waals surface area contributed by atoms with Gasteiger partial charge in [-0.15, -0.1) is 11.3 Å². The SMILES string of the molecule is O=C(c1ccc(Br)s1)N1CC2CCC(O)C2C1. The van der Waals surface area contributed by atoms with Gasteiger partial charge in [0.05, 0.1) is 14.8 Å². The maximum Gasteiger partial charge on any atom is 0.263 e. The lowest BCUT2D eigenvalue weighted by Gasteiger charge is -2.17. The van der Waals surface area contributed by atoms with E-state index in [2.05, 4.69) is 15.9 Å². The summed E-state index contributed by atoms with van der Waals surface area (Å²) in [4.78, 5) is 14.9. The Hall–Kier alpha value is -0.390. The van der Waals surface area contributed by atoms with Crippen molar-refractivity contribution in [2.75, 3.05) is 13.1 Å². The van der Waals surface area contributed by atoms with Gasteiger partial charge in [0.25, 0.3) is 5.91 Å². The van der Waals surface area contributed by atoms with Gasteiger partial charge in [-0.1, -0.05) is 0 Å². The van der Waals surface area contributed by atoms with Crippen molar-refractivity contribution in [3.63, 3.8) is 0 Å². The van der Waals surface area contributed by atoms with Crippen LogP contribution in [0, 0.1) is 11.8 Å². The minimum Gasteiger partial charge on any atom is -0.393 e. The van der Waals surface area contributed by atoms with Gasteiger partial charge in [-0.25, -0.2) is 0 Å². The van der Waals surface area contributed by atoms with E-state index in [4.69, 9.17) is 0 Å². The maximum absolute atomic E-state index is 12.2. The molecule has 0 bridgehead atoms. The smallest absolute Gasteiger partial charge is 0.263 e. The minimum absolute atomic E-state index is 0.113. The van der Waals surface area contributed by atoms with E-state index < -0.39 is 0 Å². The van der Waals surface area contributed by atoms with Gasteiger partial charge in [-0.05, 0) is 46.8 Å². The lowest BCUT2D eigenvalue weighted by atomic mass is 10.00. The molecule has 1 N–H and O–H groups in total. The summed E-state index contributed by atoms with van der Waals surface area (Å²) in [5, 5.41) is 9.83. The molecule has 2 heterocycles. The first-order valence-electron chi connectivity index (χ1n) is 5.88. The van der Waals surface area contributed by atoms with Crippen LogP contribution in [0.2, 0.25) is 0 Å². The van der Waals surface area contributed by atoms with Gasteiger partial charge < -0.3 is 10.0 Å². The number of hydrogen-bond donors (Lipinski definition) is 1. The molecule has 3 atom stereocenters. The highest BCUT2D eigenvalue weighted by Crippen LogP contribution is 2.39. The summed E-state index contributed by atoms with van der Waals surface area (Å²) in [7, 11) is 0. The Morgan fingerprint density at radius 3 is 2.88 bits per heavy atom. The summed E-state index contributed by atoms with van der Waals surface area (Å²) < 4.78 is 0.986. The van der Waals surface area contributed by atoms with Crippen molar-refractivity contribution in [3.05, 3.63) is 20.8 Å². The van der Waals surface area contributed by atoms with E-state index in [0.29, 0.717) is 11.8 Å². The van der Waals surface area contributed by atoms with Crippen LogP contribution in [-0.2, 0) is 0 Å². The zero-order chi connectivity index (χ0) is 12.0. The van der Waals surface area contributed by atoms with Gasteiger partial charge in [0.1, 0.15) is 0 Å². The molecule has 3 unspecified atom stereocenters. The maximum atomic E-state index is 12.2. The fourth-order valence-electron chi connectivity index (χ4n) is 2.99. The Labute approximate surface area is 113 Å². The molecule has 17 heavy (non-hydrogen) atoms. The standard InChI is InChI=1S/C12H14BrNO2S/c13-11-4-3-10(17-11)12(16)14-5-7-1-2-9(15)8(7)6-14/h3-4,7-9,15H,1-2,5-6H2. The van der Waals surface area contributed by atoms with Crippen LogP contribution in [0.1, 0.15) is 22.5 Å². The number of aliphatic hydroxyl groups excluding tert-OH is 1. The second kappa shape index (κ2) is 4.37. The zero-order valence-electron chi connectivity index (χ0n) is 9.30. The van der Waals surface area contributed by atoms with Crippen molar-refractivity contribution < 1.29 is 9.90 Å². The van der Waals surface area contributed by atoms with E-state index in [1.165, 1.54) is 11.3 Å². The Kier molecular flexibility index (Phi) is 3.00. The molecular weight excluding hydrogens is 302 g/mol. The van der Waals surface area contributed by atoms with Gasteiger partial charge in [0, 0.05) is 19.0 Å². The molecule has 0 aromatic carbocycles. The van der Waals surface area contributed by atoms with Crippen molar-refractivity contribution in [3.8, 4) is 0 Å². The minimum atomic E-state index is -0.201. The fourth-order valence-corrected chi connectivity index (χ4v) is 4.34. The molecule has 5 heteroatoms. The number of aliphatic hydroxyl groups is 1. The van der Waals surface area contributed by atoms with Crippen LogP contribution in [0.4, 0.5) is 0 Å². The highest BCUT2D eigenvalue weighted by molar-refractivity contribution is 9.11. The van der Waals surface area contributed by atoms with Crippen LogP contribution < -0.4 is 0 Å². The molecule has 1 aromatic heterocycles. The number of hydrogen-bond acceptors (Lipinski definition) is 3. The molecule has 92 valence electrons. The summed E-state index contributed by atoms with van der Waals surface area (Å²) in [6, 6.07) is 3.77. The molecule has 0 spiro atoms. The molecule has 1 aromatic rings. The topological polar surface area (TPSA) is 40.5 Å². The third kappa shape index (κ3) is 2.04. The molecule has 1 aliphatic heterocycles. The summed E-state index contributed by atoms with van der Waals surface area (Å²) >= 11 is 4.85. The second-order valence-corrected chi connectivity index (χ2v) is 7.35. The monoisotopic (exact) mass is 315 g/mol. The Balaban J connectivity index is 1.73. The molecule has 2 aliphatic rings. The van der Waals surface area contributed by atoms with Crippen molar-refractivity contribution in [1.82, 2.24) is 4.90 Å². The normalized spacial score (nSPS) is 31.9. The second-order valence-electron chi connectivity index (χ2n) is 4.88. The Morgan fingerprint density at radius 2 is 2.24 bits per heavy atom. The predicted octanol–water partition coefficient (Wildman–Crippen LogP) is 2.35. The van der Waals surface area contributed by atoms with E-state index in [1.807, 2.05) is 17.0 Å². The number of amides is 1. The van der Waals surface area contributed by atoms with Crippen LogP contribution in [0.15, 0.2) is 15.9 Å². The highest BCUT2D eigenvalue weighted by Gasteiger charge is 2.43. The molecule has 3 rings (SSSR count). The van der Waals surface area contributed by atoms with Crippen molar-refractivity contribution in [2.45, 2.75) is 18.9 Å². The summed E-state index contributed by atoms with van der Waals surface area (Å²) in [6.07, 6.45) is 1.76. The Bertz CT molecular complexity index is 447. The first-order valence-corrected chi connectivity index (χ1v) is 7.49. The van der Waals surface area contributed by atoms with Gasteiger partial charge >= 0.3 is 0 Å². The molecule has 1 amide bonds. The van der Waals surface area contributed by atoms with Crippen LogP contribution >= 0.6 is 27.3 Å². The predicted molar refractivity (Wildman–Crippen MR) is 70.1 cm³/mol. The number of likely N-dealkylation sites (tertiary alicyclic amines) is 1.